The van der Waals surface area contributed by atoms with Crippen molar-refractivity contribution in [2.75, 3.05) is 11.9 Å². The van der Waals surface area contributed by atoms with E-state index in [1.807, 2.05) is 13.0 Å². The fourth-order valence-corrected chi connectivity index (χ4v) is 1.48. The number of carboxylic acid groups (broad SMARTS) is 1. The van der Waals surface area contributed by atoms with Crippen molar-refractivity contribution in [1.82, 2.24) is 0 Å². The number of aryl methyl sites for hydroxylation is 1. The van der Waals surface area contributed by atoms with Gasteiger partial charge in [-0.15, -0.1) is 12.3 Å². The number of para-hydroxylation sites is 1. The maximum Gasteiger partial charge on any atom is 0.337 e. The molecule has 0 bridgehead atoms. The summed E-state index contributed by atoms with van der Waals surface area (Å²) in [5.74, 6) is 1.64. The number of aromatic carboxylic acids is 1. The number of rotatable bonds is 5. The molecule has 0 aliphatic heterocycles. The van der Waals surface area contributed by atoms with Gasteiger partial charge in [0.15, 0.2) is 0 Å². The van der Waals surface area contributed by atoms with E-state index in [4.69, 9.17) is 11.5 Å². The minimum atomic E-state index is -0.914. The predicted octanol–water partition coefficient (Wildman–Crippen LogP) is 2.52. The molecule has 0 unspecified atom stereocenters. The van der Waals surface area contributed by atoms with Gasteiger partial charge >= 0.3 is 5.97 Å². The highest BCUT2D eigenvalue weighted by Gasteiger charge is 2.10. The Morgan fingerprint density at radius 3 is 2.94 bits per heavy atom. The molecule has 0 aliphatic rings. The number of hydrogen-bond donors (Lipinski definition) is 2. The number of unbranched alkanes of at least 4 members (excludes halogenated alkanes) is 1. The van der Waals surface area contributed by atoms with Gasteiger partial charge in [-0.05, 0) is 25.0 Å². The molecule has 0 saturated carbocycles. The molecular formula is C13H15NO2. The molecule has 3 heteroatoms. The molecule has 0 aliphatic carbocycles. The van der Waals surface area contributed by atoms with Crippen molar-refractivity contribution in [2.45, 2.75) is 19.8 Å². The Morgan fingerprint density at radius 2 is 2.31 bits per heavy atom. The number of carboxylic acids is 1. The Balaban J connectivity index is 2.77. The van der Waals surface area contributed by atoms with Gasteiger partial charge in [-0.2, -0.15) is 0 Å². The summed E-state index contributed by atoms with van der Waals surface area (Å²) in [6.45, 7) is 2.57. The van der Waals surface area contributed by atoms with E-state index in [9.17, 15) is 4.79 Å². The summed E-state index contributed by atoms with van der Waals surface area (Å²) in [5, 5.41) is 12.1. The summed E-state index contributed by atoms with van der Waals surface area (Å²) in [6, 6.07) is 5.22. The SMILES string of the molecule is C#CCCCNc1c(C)cccc1C(=O)O. The average Bonchev–Trinajstić information content (AvgIpc) is 2.25. The molecule has 0 fully saturated rings. The van der Waals surface area contributed by atoms with Crippen LogP contribution < -0.4 is 5.32 Å². The molecule has 16 heavy (non-hydrogen) atoms. The van der Waals surface area contributed by atoms with Crippen LogP contribution in [0.4, 0.5) is 5.69 Å². The van der Waals surface area contributed by atoms with Crippen molar-refractivity contribution < 1.29 is 9.90 Å². The Bertz CT molecular complexity index is 418. The van der Waals surface area contributed by atoms with Crippen molar-refractivity contribution in [2.24, 2.45) is 0 Å². The van der Waals surface area contributed by atoms with E-state index in [2.05, 4.69) is 11.2 Å². The summed E-state index contributed by atoms with van der Waals surface area (Å²) in [6.07, 6.45) is 6.68. The topological polar surface area (TPSA) is 49.3 Å². The second-order valence-electron chi connectivity index (χ2n) is 3.54. The quantitative estimate of drug-likeness (QED) is 0.588. The molecule has 0 atom stereocenters. The van der Waals surface area contributed by atoms with Crippen LogP contribution in [0.3, 0.4) is 0 Å². The molecule has 2 N–H and O–H groups in total. The van der Waals surface area contributed by atoms with Crippen LogP contribution in [0.2, 0.25) is 0 Å². The highest BCUT2D eigenvalue weighted by Crippen LogP contribution is 2.20. The first kappa shape index (κ1) is 12.1. The van der Waals surface area contributed by atoms with Gasteiger partial charge in [-0.25, -0.2) is 4.79 Å². The zero-order valence-electron chi connectivity index (χ0n) is 9.29. The third-order valence-electron chi connectivity index (χ3n) is 2.30. The molecule has 3 nitrogen and oxygen atoms in total. The lowest BCUT2D eigenvalue weighted by Gasteiger charge is -2.11. The number of hydrogen-bond acceptors (Lipinski definition) is 2. The molecule has 1 aromatic carbocycles. The highest BCUT2D eigenvalue weighted by molar-refractivity contribution is 5.95. The second kappa shape index (κ2) is 5.82. The smallest absolute Gasteiger partial charge is 0.337 e. The van der Waals surface area contributed by atoms with Crippen LogP contribution in [0.25, 0.3) is 0 Å². The van der Waals surface area contributed by atoms with Crippen LogP contribution >= 0.6 is 0 Å². The predicted molar refractivity (Wildman–Crippen MR) is 64.7 cm³/mol. The summed E-state index contributed by atoms with van der Waals surface area (Å²) in [5.41, 5.74) is 1.92. The van der Waals surface area contributed by atoms with Gasteiger partial charge < -0.3 is 10.4 Å². The maximum absolute atomic E-state index is 11.0. The molecule has 84 valence electrons. The Kier molecular flexibility index (Phi) is 4.41. The van der Waals surface area contributed by atoms with E-state index >= 15 is 0 Å². The van der Waals surface area contributed by atoms with Gasteiger partial charge in [0, 0.05) is 13.0 Å². The Morgan fingerprint density at radius 1 is 1.56 bits per heavy atom. The zero-order chi connectivity index (χ0) is 12.0. The van der Waals surface area contributed by atoms with E-state index in [0.717, 1.165) is 12.0 Å². The first-order valence-corrected chi connectivity index (χ1v) is 5.17. The van der Waals surface area contributed by atoms with Crippen LogP contribution in [-0.4, -0.2) is 17.6 Å². The fraction of sp³-hybridized carbons (Fsp3) is 0.308. The lowest BCUT2D eigenvalue weighted by Crippen LogP contribution is -2.09. The van der Waals surface area contributed by atoms with Gasteiger partial charge in [-0.3, -0.25) is 0 Å². The van der Waals surface area contributed by atoms with Gasteiger partial charge in [0.1, 0.15) is 0 Å². The van der Waals surface area contributed by atoms with Crippen LogP contribution in [0.15, 0.2) is 18.2 Å². The first-order chi connectivity index (χ1) is 7.66. The van der Waals surface area contributed by atoms with Crippen molar-refractivity contribution in [3.05, 3.63) is 29.3 Å². The van der Waals surface area contributed by atoms with E-state index in [0.29, 0.717) is 24.2 Å². The summed E-state index contributed by atoms with van der Waals surface area (Å²) in [7, 11) is 0. The van der Waals surface area contributed by atoms with Gasteiger partial charge in [0.25, 0.3) is 0 Å². The van der Waals surface area contributed by atoms with E-state index in [1.54, 1.807) is 12.1 Å². The molecule has 0 heterocycles. The van der Waals surface area contributed by atoms with E-state index in [1.165, 1.54) is 0 Å². The van der Waals surface area contributed by atoms with Gasteiger partial charge in [0.05, 0.1) is 11.3 Å². The van der Waals surface area contributed by atoms with Crippen LogP contribution in [0.5, 0.6) is 0 Å². The van der Waals surface area contributed by atoms with Crippen molar-refractivity contribution in [3.8, 4) is 12.3 Å². The van der Waals surface area contributed by atoms with Crippen LogP contribution in [0, 0.1) is 19.3 Å². The highest BCUT2D eigenvalue weighted by atomic mass is 16.4. The average molecular weight is 217 g/mol. The molecule has 0 aromatic heterocycles. The van der Waals surface area contributed by atoms with Crippen molar-refractivity contribution >= 4 is 11.7 Å². The molecule has 1 aromatic rings. The third-order valence-corrected chi connectivity index (χ3v) is 2.30. The van der Waals surface area contributed by atoms with Gasteiger partial charge in [0.2, 0.25) is 0 Å². The van der Waals surface area contributed by atoms with Crippen molar-refractivity contribution in [1.29, 1.82) is 0 Å². The lowest BCUT2D eigenvalue weighted by atomic mass is 10.1. The summed E-state index contributed by atoms with van der Waals surface area (Å²) < 4.78 is 0. The van der Waals surface area contributed by atoms with Crippen molar-refractivity contribution in [3.63, 3.8) is 0 Å². The number of anilines is 1. The molecule has 0 saturated heterocycles. The number of nitrogens with one attached hydrogen (secondary N) is 1. The normalized spacial score (nSPS) is 9.50. The van der Waals surface area contributed by atoms with Crippen LogP contribution in [0.1, 0.15) is 28.8 Å². The second-order valence-corrected chi connectivity index (χ2v) is 3.54. The van der Waals surface area contributed by atoms with Gasteiger partial charge in [-0.1, -0.05) is 12.1 Å². The monoisotopic (exact) mass is 217 g/mol. The molecule has 1 rings (SSSR count). The summed E-state index contributed by atoms with van der Waals surface area (Å²) in [4.78, 5) is 11.0. The minimum absolute atomic E-state index is 0.306. The standard InChI is InChI=1S/C13H15NO2/c1-3-4-5-9-14-12-10(2)7-6-8-11(12)13(15)16/h1,6-8,14H,4-5,9H2,2H3,(H,15,16). The molecule has 0 amide bonds. The van der Waals surface area contributed by atoms with E-state index in [-0.39, 0.29) is 0 Å². The molecular weight excluding hydrogens is 202 g/mol. The van der Waals surface area contributed by atoms with Crippen LogP contribution in [-0.2, 0) is 0 Å². The molecule has 0 radical (unpaired) electrons. The first-order valence-electron chi connectivity index (χ1n) is 5.17. The lowest BCUT2D eigenvalue weighted by molar-refractivity contribution is 0.0698. The largest absolute Gasteiger partial charge is 0.478 e. The molecule has 0 spiro atoms. The Hall–Kier alpha value is -1.95. The maximum atomic E-state index is 11.0. The number of carbonyl (C=O) groups is 1. The number of terminal acetylenes is 1. The fourth-order valence-electron chi connectivity index (χ4n) is 1.48. The minimum Gasteiger partial charge on any atom is -0.478 e. The zero-order valence-corrected chi connectivity index (χ0v) is 9.29. The Labute approximate surface area is 95.5 Å². The third kappa shape index (κ3) is 3.03. The van der Waals surface area contributed by atoms with E-state index < -0.39 is 5.97 Å². The number of benzene rings is 1. The summed E-state index contributed by atoms with van der Waals surface area (Å²) >= 11 is 0.